The highest BCUT2D eigenvalue weighted by atomic mass is 32.2. The average Bonchev–Trinajstić information content (AvgIpc) is 2.78. The average molecular weight is 407 g/mol. The zero-order chi connectivity index (χ0) is 20.5. The second-order valence-corrected chi connectivity index (χ2v) is 8.08. The number of carbonyl (C=O) groups excluding carboxylic acids is 1. The van der Waals surface area contributed by atoms with E-state index in [1.165, 1.54) is 16.3 Å². The second kappa shape index (κ2) is 11.0. The van der Waals surface area contributed by atoms with Gasteiger partial charge in [0.25, 0.3) is 5.91 Å². The summed E-state index contributed by atoms with van der Waals surface area (Å²) in [5.74, 6) is 0.860. The van der Waals surface area contributed by atoms with Crippen molar-refractivity contribution < 1.29 is 4.79 Å². The van der Waals surface area contributed by atoms with Crippen molar-refractivity contribution in [1.29, 1.82) is 0 Å². The molecule has 1 amide bonds. The van der Waals surface area contributed by atoms with Crippen LogP contribution >= 0.6 is 11.8 Å². The number of nitrogens with one attached hydrogen (secondary N) is 1. The van der Waals surface area contributed by atoms with E-state index in [2.05, 4.69) is 66.5 Å². The zero-order valence-electron chi connectivity index (χ0n) is 17.4. The number of carbonyl (C=O) groups is 1. The molecular formula is C25H30N2OS. The van der Waals surface area contributed by atoms with Gasteiger partial charge in [0.15, 0.2) is 0 Å². The van der Waals surface area contributed by atoms with Gasteiger partial charge >= 0.3 is 0 Å². The summed E-state index contributed by atoms with van der Waals surface area (Å²) >= 11 is 1.73. The Morgan fingerprint density at radius 1 is 0.931 bits per heavy atom. The van der Waals surface area contributed by atoms with Crippen LogP contribution in [0.4, 0.5) is 0 Å². The standard InChI is InChI=1S/C25H30N2OS/c1-3-27(4-2)18-10-17-26-25(28)23-15-7-8-16-24(23)29-19-21-13-9-12-20-11-5-6-14-22(20)21/h5-9,11-16H,3-4,10,17-19H2,1-2H3,(H,26,28). The van der Waals surface area contributed by atoms with Crippen LogP contribution in [-0.2, 0) is 5.75 Å². The number of nitrogens with zero attached hydrogens (tertiary/aromatic N) is 1. The van der Waals surface area contributed by atoms with Gasteiger partial charge in [-0.15, -0.1) is 11.8 Å². The summed E-state index contributed by atoms with van der Waals surface area (Å²) in [6, 6.07) is 22.8. The number of hydrogen-bond acceptors (Lipinski definition) is 3. The third kappa shape index (κ3) is 5.84. The molecule has 0 aliphatic rings. The lowest BCUT2D eigenvalue weighted by Crippen LogP contribution is -2.30. The van der Waals surface area contributed by atoms with Gasteiger partial charge in [-0.05, 0) is 54.5 Å². The molecule has 152 valence electrons. The van der Waals surface area contributed by atoms with Gasteiger partial charge < -0.3 is 10.2 Å². The number of hydrogen-bond donors (Lipinski definition) is 1. The lowest BCUT2D eigenvalue weighted by atomic mass is 10.1. The number of rotatable bonds is 10. The molecule has 0 radical (unpaired) electrons. The second-order valence-electron chi connectivity index (χ2n) is 7.06. The van der Waals surface area contributed by atoms with Crippen molar-refractivity contribution in [2.75, 3.05) is 26.2 Å². The molecule has 0 aromatic heterocycles. The lowest BCUT2D eigenvalue weighted by Gasteiger charge is -2.17. The van der Waals surface area contributed by atoms with E-state index in [0.717, 1.165) is 42.3 Å². The Labute approximate surface area is 178 Å². The highest BCUT2D eigenvalue weighted by Crippen LogP contribution is 2.29. The van der Waals surface area contributed by atoms with Gasteiger partial charge in [0.2, 0.25) is 0 Å². The van der Waals surface area contributed by atoms with Crippen molar-refractivity contribution in [2.24, 2.45) is 0 Å². The highest BCUT2D eigenvalue weighted by molar-refractivity contribution is 7.98. The maximum Gasteiger partial charge on any atom is 0.252 e. The summed E-state index contributed by atoms with van der Waals surface area (Å²) < 4.78 is 0. The lowest BCUT2D eigenvalue weighted by molar-refractivity contribution is 0.0949. The molecule has 0 saturated carbocycles. The van der Waals surface area contributed by atoms with E-state index in [-0.39, 0.29) is 5.91 Å². The normalized spacial score (nSPS) is 11.1. The molecule has 0 saturated heterocycles. The SMILES string of the molecule is CCN(CC)CCCNC(=O)c1ccccc1SCc1cccc2ccccc12. The van der Waals surface area contributed by atoms with Gasteiger partial charge in [-0.1, -0.05) is 68.4 Å². The first-order chi connectivity index (χ1) is 14.2. The molecule has 0 aliphatic carbocycles. The van der Waals surface area contributed by atoms with Crippen molar-refractivity contribution in [2.45, 2.75) is 30.9 Å². The van der Waals surface area contributed by atoms with Crippen LogP contribution in [0.15, 0.2) is 71.6 Å². The molecule has 3 nitrogen and oxygen atoms in total. The maximum absolute atomic E-state index is 12.7. The summed E-state index contributed by atoms with van der Waals surface area (Å²) in [5, 5.41) is 5.62. The van der Waals surface area contributed by atoms with Gasteiger partial charge in [0, 0.05) is 17.2 Å². The minimum absolute atomic E-state index is 0.0190. The Hall–Kier alpha value is -2.30. The van der Waals surface area contributed by atoms with Gasteiger partial charge in [-0.2, -0.15) is 0 Å². The van der Waals surface area contributed by atoms with Crippen LogP contribution in [0.2, 0.25) is 0 Å². The first-order valence-corrected chi connectivity index (χ1v) is 11.4. The van der Waals surface area contributed by atoms with Crippen molar-refractivity contribution in [3.05, 3.63) is 77.9 Å². The Morgan fingerprint density at radius 3 is 2.48 bits per heavy atom. The van der Waals surface area contributed by atoms with E-state index < -0.39 is 0 Å². The summed E-state index contributed by atoms with van der Waals surface area (Å²) in [6.07, 6.45) is 0.971. The molecular weight excluding hydrogens is 376 g/mol. The molecule has 3 aromatic carbocycles. The van der Waals surface area contributed by atoms with Gasteiger partial charge in [-0.25, -0.2) is 0 Å². The number of fused-ring (bicyclic) bond motifs is 1. The third-order valence-corrected chi connectivity index (χ3v) is 6.35. The van der Waals surface area contributed by atoms with Crippen LogP contribution in [0.1, 0.15) is 36.2 Å². The summed E-state index contributed by atoms with van der Waals surface area (Å²) in [6.45, 7) is 8.18. The molecule has 0 spiro atoms. The molecule has 4 heteroatoms. The topological polar surface area (TPSA) is 32.3 Å². The monoisotopic (exact) mass is 406 g/mol. The van der Waals surface area contributed by atoms with E-state index in [4.69, 9.17) is 0 Å². The highest BCUT2D eigenvalue weighted by Gasteiger charge is 2.12. The maximum atomic E-state index is 12.7. The van der Waals surface area contributed by atoms with Crippen LogP contribution in [0.5, 0.6) is 0 Å². The molecule has 0 atom stereocenters. The van der Waals surface area contributed by atoms with Crippen molar-refractivity contribution in [1.82, 2.24) is 10.2 Å². The van der Waals surface area contributed by atoms with Crippen LogP contribution in [0.3, 0.4) is 0 Å². The number of benzene rings is 3. The predicted molar refractivity (Wildman–Crippen MR) is 125 cm³/mol. The van der Waals surface area contributed by atoms with Crippen LogP contribution in [0.25, 0.3) is 10.8 Å². The van der Waals surface area contributed by atoms with E-state index >= 15 is 0 Å². The molecule has 29 heavy (non-hydrogen) atoms. The van der Waals surface area contributed by atoms with Gasteiger partial charge in [-0.3, -0.25) is 4.79 Å². The van der Waals surface area contributed by atoms with Crippen LogP contribution in [-0.4, -0.2) is 37.0 Å². The number of thioether (sulfide) groups is 1. The number of amides is 1. The fourth-order valence-electron chi connectivity index (χ4n) is 3.49. The fourth-order valence-corrected chi connectivity index (χ4v) is 4.55. The smallest absolute Gasteiger partial charge is 0.252 e. The van der Waals surface area contributed by atoms with E-state index in [9.17, 15) is 4.79 Å². The van der Waals surface area contributed by atoms with Crippen molar-refractivity contribution >= 4 is 28.4 Å². The molecule has 0 unspecified atom stereocenters. The van der Waals surface area contributed by atoms with Crippen LogP contribution in [0, 0.1) is 0 Å². The molecule has 3 rings (SSSR count). The zero-order valence-corrected chi connectivity index (χ0v) is 18.2. The van der Waals surface area contributed by atoms with Gasteiger partial charge in [0.05, 0.1) is 5.56 Å². The molecule has 0 heterocycles. The first-order valence-electron chi connectivity index (χ1n) is 10.4. The fraction of sp³-hybridized carbons (Fsp3) is 0.320. The minimum Gasteiger partial charge on any atom is -0.352 e. The summed E-state index contributed by atoms with van der Waals surface area (Å²) in [5.41, 5.74) is 2.06. The van der Waals surface area contributed by atoms with E-state index in [0.29, 0.717) is 6.54 Å². The Balaban J connectivity index is 1.62. The van der Waals surface area contributed by atoms with Gasteiger partial charge in [0.1, 0.15) is 0 Å². The quantitative estimate of drug-likeness (QED) is 0.352. The Bertz CT molecular complexity index is 932. The minimum atomic E-state index is 0.0190. The molecule has 3 aromatic rings. The van der Waals surface area contributed by atoms with E-state index in [1.807, 2.05) is 24.3 Å². The molecule has 1 N–H and O–H groups in total. The Morgan fingerprint density at radius 2 is 1.66 bits per heavy atom. The third-order valence-electron chi connectivity index (χ3n) is 5.23. The first kappa shape index (κ1) is 21.4. The molecule has 0 fully saturated rings. The van der Waals surface area contributed by atoms with Crippen LogP contribution < -0.4 is 5.32 Å². The van der Waals surface area contributed by atoms with Crippen molar-refractivity contribution in [3.8, 4) is 0 Å². The Kier molecular flexibility index (Phi) is 8.14. The predicted octanol–water partition coefficient (Wildman–Crippen LogP) is 5.59. The summed E-state index contributed by atoms with van der Waals surface area (Å²) in [4.78, 5) is 16.1. The van der Waals surface area contributed by atoms with E-state index in [1.54, 1.807) is 11.8 Å². The molecule has 0 bridgehead atoms. The molecule has 0 aliphatic heterocycles. The largest absolute Gasteiger partial charge is 0.352 e. The van der Waals surface area contributed by atoms with Crippen molar-refractivity contribution in [3.63, 3.8) is 0 Å². The summed E-state index contributed by atoms with van der Waals surface area (Å²) in [7, 11) is 0.